The van der Waals surface area contributed by atoms with Gasteiger partial charge in [0.15, 0.2) is 0 Å². The predicted molar refractivity (Wildman–Crippen MR) is 129 cm³/mol. The fourth-order valence-electron chi connectivity index (χ4n) is 3.18. The van der Waals surface area contributed by atoms with Gasteiger partial charge in [0.05, 0.1) is 66.7 Å². The topological polar surface area (TPSA) is 174 Å². The van der Waals surface area contributed by atoms with E-state index in [4.69, 9.17) is 16.2 Å². The second-order valence-electron chi connectivity index (χ2n) is 7.33. The number of aliphatic imine (C=N–C) groups is 1. The molecule has 1 aliphatic rings. The van der Waals surface area contributed by atoms with Crippen LogP contribution in [0.15, 0.2) is 42.0 Å². The molecule has 13 heteroatoms. The fourth-order valence-corrected chi connectivity index (χ4v) is 3.18. The quantitative estimate of drug-likeness (QED) is 0.233. The lowest BCUT2D eigenvalue weighted by molar-refractivity contribution is -0.118. The lowest BCUT2D eigenvalue weighted by atomic mass is 10.1. The van der Waals surface area contributed by atoms with Crippen molar-refractivity contribution in [2.75, 3.05) is 50.5 Å². The van der Waals surface area contributed by atoms with Crippen molar-refractivity contribution >= 4 is 40.5 Å². The van der Waals surface area contributed by atoms with Crippen molar-refractivity contribution in [1.29, 1.82) is 0 Å². The number of ether oxygens (including phenoxy) is 1. The highest BCUT2D eigenvalue weighted by Gasteiger charge is 2.18. The molecule has 0 atom stereocenters. The Hall–Kier alpha value is -4.23. The highest BCUT2D eigenvalue weighted by Crippen LogP contribution is 2.20. The van der Waals surface area contributed by atoms with Gasteiger partial charge in [-0.05, 0) is 6.07 Å². The molecule has 0 saturated carbocycles. The van der Waals surface area contributed by atoms with Gasteiger partial charge in [-0.15, -0.1) is 0 Å². The van der Waals surface area contributed by atoms with Crippen LogP contribution in [0.3, 0.4) is 0 Å². The van der Waals surface area contributed by atoms with Crippen LogP contribution in [0.2, 0.25) is 0 Å². The van der Waals surface area contributed by atoms with Gasteiger partial charge >= 0.3 is 0 Å². The number of anilines is 2. The molecule has 2 amide bonds. The summed E-state index contributed by atoms with van der Waals surface area (Å²) in [6.07, 6.45) is 7.76. The number of nitrogens with two attached hydrogens (primary N) is 2. The van der Waals surface area contributed by atoms with E-state index in [0.29, 0.717) is 37.6 Å². The van der Waals surface area contributed by atoms with Crippen LogP contribution in [0.25, 0.3) is 11.1 Å². The Morgan fingerprint density at radius 1 is 1.11 bits per heavy atom. The normalized spacial score (nSPS) is 15.3. The van der Waals surface area contributed by atoms with Crippen LogP contribution in [0.5, 0.6) is 0 Å². The van der Waals surface area contributed by atoms with Crippen LogP contribution in [-0.2, 0) is 14.3 Å². The van der Waals surface area contributed by atoms with Crippen molar-refractivity contribution in [2.24, 2.45) is 16.5 Å². The Labute approximate surface area is 201 Å². The second kappa shape index (κ2) is 12.3. The predicted octanol–water partition coefficient (Wildman–Crippen LogP) is 0.220. The molecule has 3 heterocycles. The number of carbonyl (C=O) groups excluding carboxylic acids is 2. The molecule has 0 aromatic carbocycles. The van der Waals surface area contributed by atoms with Crippen molar-refractivity contribution < 1.29 is 18.7 Å². The first-order valence-corrected chi connectivity index (χ1v) is 10.6. The highest BCUT2D eigenvalue weighted by molar-refractivity contribution is 6.24. The number of pyridine rings is 1. The highest BCUT2D eigenvalue weighted by atomic mass is 19.1. The molecule has 1 saturated heterocycles. The van der Waals surface area contributed by atoms with Gasteiger partial charge in [-0.1, -0.05) is 0 Å². The Balaban J connectivity index is 1.69. The Morgan fingerprint density at radius 3 is 2.46 bits per heavy atom. The van der Waals surface area contributed by atoms with Crippen LogP contribution in [0.1, 0.15) is 11.4 Å². The number of morpholine rings is 1. The third kappa shape index (κ3) is 6.88. The Morgan fingerprint density at radius 2 is 1.83 bits per heavy atom. The minimum absolute atomic E-state index is 0.0485. The largest absolute Gasteiger partial charge is 0.404 e. The van der Waals surface area contributed by atoms with Gasteiger partial charge in [0.1, 0.15) is 0 Å². The molecular formula is C22H26FN9O3. The molecule has 6 N–H and O–H groups in total. The minimum Gasteiger partial charge on any atom is -0.404 e. The number of amides is 2. The van der Waals surface area contributed by atoms with Gasteiger partial charge < -0.3 is 26.8 Å². The summed E-state index contributed by atoms with van der Waals surface area (Å²) in [5, 5.41) is 5.05. The standard InChI is InChI=1S/C22H26FN9O3/c1-26-9-14(7-24)18-11-28-19(12-27-18)16(8-25)22(34)31-17-6-15(10-29-21(17)23)30-20(33)13-32-2-4-35-5-3-32/h6-12H,2-5,13,24-25H2,1H3,(H,30,33)(H,31,34)/b14-7+,16-8+,26-9?. The number of nitrogens with one attached hydrogen (secondary N) is 2. The number of halogens is 1. The number of rotatable bonds is 8. The third-order valence-corrected chi connectivity index (χ3v) is 4.92. The number of hydrogen-bond donors (Lipinski definition) is 4. The Bertz CT molecular complexity index is 1140. The van der Waals surface area contributed by atoms with Crippen LogP contribution in [-0.4, -0.2) is 77.8 Å². The zero-order valence-corrected chi connectivity index (χ0v) is 19.1. The summed E-state index contributed by atoms with van der Waals surface area (Å²) in [6.45, 7) is 2.56. The van der Waals surface area contributed by atoms with Crippen molar-refractivity contribution in [3.05, 3.63) is 54.4 Å². The van der Waals surface area contributed by atoms with Crippen molar-refractivity contribution in [3.8, 4) is 0 Å². The number of nitrogens with zero attached hydrogens (tertiary/aromatic N) is 5. The first-order valence-electron chi connectivity index (χ1n) is 10.6. The van der Waals surface area contributed by atoms with E-state index in [2.05, 4.69) is 30.6 Å². The van der Waals surface area contributed by atoms with Crippen molar-refractivity contribution in [2.45, 2.75) is 0 Å². The summed E-state index contributed by atoms with van der Waals surface area (Å²) in [6, 6.07) is 1.27. The molecule has 184 valence electrons. The zero-order valence-electron chi connectivity index (χ0n) is 19.1. The lowest BCUT2D eigenvalue weighted by Gasteiger charge is -2.25. The van der Waals surface area contributed by atoms with E-state index >= 15 is 0 Å². The molecule has 3 rings (SSSR count). The van der Waals surface area contributed by atoms with Crippen molar-refractivity contribution in [3.63, 3.8) is 0 Å². The van der Waals surface area contributed by atoms with E-state index in [9.17, 15) is 14.0 Å². The number of allylic oxidation sites excluding steroid dienone is 1. The van der Waals surface area contributed by atoms with Gasteiger partial charge in [0, 0.05) is 44.3 Å². The molecule has 0 spiro atoms. The molecule has 2 aromatic rings. The first-order chi connectivity index (χ1) is 16.9. The first kappa shape index (κ1) is 25.4. The van der Waals surface area contributed by atoms with Crippen molar-refractivity contribution in [1.82, 2.24) is 19.9 Å². The maximum Gasteiger partial charge on any atom is 0.259 e. The smallest absolute Gasteiger partial charge is 0.259 e. The molecule has 12 nitrogen and oxygen atoms in total. The van der Waals surface area contributed by atoms with Gasteiger partial charge in [0.2, 0.25) is 11.9 Å². The summed E-state index contributed by atoms with van der Waals surface area (Å²) >= 11 is 0. The van der Waals surface area contributed by atoms with E-state index in [1.54, 1.807) is 7.05 Å². The summed E-state index contributed by atoms with van der Waals surface area (Å²) in [5.74, 6) is -1.97. The molecule has 1 fully saturated rings. The van der Waals surface area contributed by atoms with Crippen LogP contribution in [0.4, 0.5) is 15.8 Å². The van der Waals surface area contributed by atoms with E-state index in [0.717, 1.165) is 12.4 Å². The monoisotopic (exact) mass is 483 g/mol. The van der Waals surface area contributed by atoms with Gasteiger partial charge in [-0.25, -0.2) is 4.98 Å². The maximum absolute atomic E-state index is 14.3. The molecule has 0 radical (unpaired) electrons. The molecule has 35 heavy (non-hydrogen) atoms. The van der Waals surface area contributed by atoms with Crippen LogP contribution < -0.4 is 22.1 Å². The lowest BCUT2D eigenvalue weighted by Crippen LogP contribution is -2.41. The van der Waals surface area contributed by atoms with E-state index in [-0.39, 0.29) is 35.1 Å². The maximum atomic E-state index is 14.3. The average molecular weight is 484 g/mol. The molecule has 0 aliphatic carbocycles. The average Bonchev–Trinajstić information content (AvgIpc) is 2.86. The van der Waals surface area contributed by atoms with E-state index in [1.165, 1.54) is 30.9 Å². The number of aromatic nitrogens is 3. The molecule has 0 unspecified atom stereocenters. The minimum atomic E-state index is -0.932. The fraction of sp³-hybridized carbons (Fsp3) is 0.273. The molecule has 0 bridgehead atoms. The SMILES string of the molecule is CN=C/C(=C\N)c1cnc(/C(=C\N)C(=O)Nc2cc(NC(=O)CN3CCOCC3)cnc2F)cn1. The molecule has 1 aliphatic heterocycles. The summed E-state index contributed by atoms with van der Waals surface area (Å²) in [7, 11) is 1.59. The second-order valence-corrected chi connectivity index (χ2v) is 7.33. The Kier molecular flexibility index (Phi) is 8.92. The van der Waals surface area contributed by atoms with E-state index < -0.39 is 11.9 Å². The van der Waals surface area contributed by atoms with Crippen LogP contribution >= 0.6 is 0 Å². The summed E-state index contributed by atoms with van der Waals surface area (Å²) in [4.78, 5) is 42.9. The van der Waals surface area contributed by atoms with Gasteiger partial charge in [-0.3, -0.25) is 29.4 Å². The molecular weight excluding hydrogens is 457 g/mol. The summed E-state index contributed by atoms with van der Waals surface area (Å²) < 4.78 is 19.6. The zero-order chi connectivity index (χ0) is 25.2. The van der Waals surface area contributed by atoms with Gasteiger partial charge in [-0.2, -0.15) is 4.39 Å². The van der Waals surface area contributed by atoms with Crippen LogP contribution in [0, 0.1) is 5.95 Å². The number of hydrogen-bond acceptors (Lipinski definition) is 10. The summed E-state index contributed by atoms with van der Waals surface area (Å²) in [5.41, 5.74) is 12.3. The van der Waals surface area contributed by atoms with Gasteiger partial charge in [0.25, 0.3) is 5.91 Å². The van der Waals surface area contributed by atoms with E-state index in [1.807, 2.05) is 4.90 Å². The third-order valence-electron chi connectivity index (χ3n) is 4.92. The molecule has 2 aromatic heterocycles. The number of carbonyl (C=O) groups is 2.